The number of carbonyl (C=O) groups excluding carboxylic acids is 1. The van der Waals surface area contributed by atoms with Gasteiger partial charge in [-0.15, -0.1) is 0 Å². The van der Waals surface area contributed by atoms with Gasteiger partial charge >= 0.3 is 0 Å². The molecule has 3 aromatic carbocycles. The number of nitrogens with one attached hydrogen (secondary N) is 1. The molecule has 33 heavy (non-hydrogen) atoms. The molecule has 0 unspecified atom stereocenters. The summed E-state index contributed by atoms with van der Waals surface area (Å²) in [6.45, 7) is 3.05. The van der Waals surface area contributed by atoms with Gasteiger partial charge < -0.3 is 9.30 Å². The summed E-state index contributed by atoms with van der Waals surface area (Å²) in [5.41, 5.74) is 6.24. The Balaban J connectivity index is 1.45. The molecular formula is C25H23ClN4O2S. The second kappa shape index (κ2) is 11.0. The van der Waals surface area contributed by atoms with Crippen LogP contribution in [0.1, 0.15) is 18.1 Å². The monoisotopic (exact) mass is 478 g/mol. The predicted octanol–water partition coefficient (Wildman–Crippen LogP) is 5.38. The van der Waals surface area contributed by atoms with Gasteiger partial charge in [-0.05, 0) is 42.8 Å². The third-order valence-electron chi connectivity index (χ3n) is 4.85. The zero-order valence-corrected chi connectivity index (χ0v) is 19.6. The van der Waals surface area contributed by atoms with Gasteiger partial charge in [-0.25, -0.2) is 10.4 Å². The van der Waals surface area contributed by atoms with Crippen molar-refractivity contribution in [2.75, 3.05) is 12.4 Å². The molecule has 8 heteroatoms. The standard InChI is InChI=1S/C25H23ClN4O2S/c1-2-32-23-14-8-4-9-18(23)15-27-29-24(31)17-33-25-28-21-12-6-7-13-22(21)30(25)16-19-10-3-5-11-20(19)26/h3-15H,2,16-17H2,1H3,(H,29,31). The average molecular weight is 479 g/mol. The van der Waals surface area contributed by atoms with E-state index in [2.05, 4.69) is 15.1 Å². The minimum Gasteiger partial charge on any atom is -0.493 e. The van der Waals surface area contributed by atoms with Crippen molar-refractivity contribution in [1.82, 2.24) is 15.0 Å². The van der Waals surface area contributed by atoms with E-state index < -0.39 is 0 Å². The summed E-state index contributed by atoms with van der Waals surface area (Å²) in [4.78, 5) is 17.1. The number of hydrogen-bond donors (Lipinski definition) is 1. The van der Waals surface area contributed by atoms with E-state index in [4.69, 9.17) is 21.3 Å². The summed E-state index contributed by atoms with van der Waals surface area (Å²) < 4.78 is 7.65. The third kappa shape index (κ3) is 5.74. The molecule has 1 aromatic heterocycles. The number of fused-ring (bicyclic) bond motifs is 1. The first-order valence-corrected chi connectivity index (χ1v) is 11.9. The van der Waals surface area contributed by atoms with Gasteiger partial charge in [0.05, 0.1) is 36.2 Å². The zero-order valence-electron chi connectivity index (χ0n) is 18.1. The molecule has 0 spiro atoms. The van der Waals surface area contributed by atoms with Crippen molar-refractivity contribution >= 4 is 46.5 Å². The number of ether oxygens (including phenoxy) is 1. The fourth-order valence-corrected chi connectivity index (χ4v) is 4.33. The number of amides is 1. The van der Waals surface area contributed by atoms with Crippen LogP contribution >= 0.6 is 23.4 Å². The van der Waals surface area contributed by atoms with Crippen molar-refractivity contribution in [3.8, 4) is 5.75 Å². The Morgan fingerprint density at radius 2 is 1.88 bits per heavy atom. The number of rotatable bonds is 9. The van der Waals surface area contributed by atoms with Crippen LogP contribution in [0.15, 0.2) is 83.1 Å². The van der Waals surface area contributed by atoms with Crippen LogP contribution in [-0.4, -0.2) is 34.0 Å². The quantitative estimate of drug-likeness (QED) is 0.199. The molecule has 0 fully saturated rings. The molecule has 0 bridgehead atoms. The lowest BCUT2D eigenvalue weighted by atomic mass is 10.2. The molecule has 0 aliphatic carbocycles. The molecule has 4 aromatic rings. The lowest BCUT2D eigenvalue weighted by molar-refractivity contribution is -0.118. The lowest BCUT2D eigenvalue weighted by Crippen LogP contribution is -2.20. The molecule has 0 saturated heterocycles. The van der Waals surface area contributed by atoms with E-state index >= 15 is 0 Å². The van der Waals surface area contributed by atoms with E-state index in [0.717, 1.165) is 33.1 Å². The number of hydrogen-bond acceptors (Lipinski definition) is 5. The fourth-order valence-electron chi connectivity index (χ4n) is 3.32. The summed E-state index contributed by atoms with van der Waals surface area (Å²) in [5.74, 6) is 0.679. The maximum absolute atomic E-state index is 12.4. The third-order valence-corrected chi connectivity index (χ3v) is 6.20. The Bertz CT molecular complexity index is 1290. The minimum atomic E-state index is -0.221. The van der Waals surface area contributed by atoms with Gasteiger partial charge in [0.2, 0.25) is 0 Å². The predicted molar refractivity (Wildman–Crippen MR) is 134 cm³/mol. The number of thioether (sulfide) groups is 1. The van der Waals surface area contributed by atoms with E-state index in [9.17, 15) is 4.79 Å². The van der Waals surface area contributed by atoms with Crippen LogP contribution in [0, 0.1) is 0 Å². The van der Waals surface area contributed by atoms with Crippen molar-refractivity contribution in [1.29, 1.82) is 0 Å². The van der Waals surface area contributed by atoms with Gasteiger partial charge in [0.1, 0.15) is 5.75 Å². The van der Waals surface area contributed by atoms with E-state index in [1.165, 1.54) is 11.8 Å². The van der Waals surface area contributed by atoms with Crippen LogP contribution in [-0.2, 0) is 11.3 Å². The SMILES string of the molecule is CCOc1ccccc1C=NNC(=O)CSc1nc2ccccc2n1Cc1ccccc1Cl. The number of benzene rings is 3. The molecule has 1 heterocycles. The van der Waals surface area contributed by atoms with Crippen LogP contribution in [0.5, 0.6) is 5.75 Å². The normalized spacial score (nSPS) is 11.2. The van der Waals surface area contributed by atoms with Crippen molar-refractivity contribution < 1.29 is 9.53 Å². The number of carbonyl (C=O) groups is 1. The van der Waals surface area contributed by atoms with Crippen LogP contribution in [0.4, 0.5) is 0 Å². The molecule has 0 saturated carbocycles. The van der Waals surface area contributed by atoms with Crippen molar-refractivity contribution in [2.45, 2.75) is 18.6 Å². The molecule has 4 rings (SSSR count). The highest BCUT2D eigenvalue weighted by molar-refractivity contribution is 7.99. The Morgan fingerprint density at radius 3 is 2.73 bits per heavy atom. The van der Waals surface area contributed by atoms with Gasteiger partial charge in [0.25, 0.3) is 5.91 Å². The molecule has 0 atom stereocenters. The number of imidazole rings is 1. The Kier molecular flexibility index (Phi) is 7.65. The van der Waals surface area contributed by atoms with Gasteiger partial charge in [0, 0.05) is 10.6 Å². The van der Waals surface area contributed by atoms with Crippen molar-refractivity contribution in [3.63, 3.8) is 0 Å². The Morgan fingerprint density at radius 1 is 1.12 bits per heavy atom. The summed E-state index contributed by atoms with van der Waals surface area (Å²) in [6, 6.07) is 23.2. The van der Waals surface area contributed by atoms with E-state index in [0.29, 0.717) is 18.2 Å². The lowest BCUT2D eigenvalue weighted by Gasteiger charge is -2.10. The molecule has 168 valence electrons. The van der Waals surface area contributed by atoms with Crippen LogP contribution in [0.2, 0.25) is 5.02 Å². The maximum Gasteiger partial charge on any atom is 0.250 e. The first kappa shape index (κ1) is 22.9. The largest absolute Gasteiger partial charge is 0.493 e. The highest BCUT2D eigenvalue weighted by Gasteiger charge is 2.14. The molecule has 0 aliphatic heterocycles. The average Bonchev–Trinajstić information content (AvgIpc) is 3.18. The minimum absolute atomic E-state index is 0.177. The second-order valence-corrected chi connectivity index (χ2v) is 8.46. The Hall–Kier alpha value is -3.29. The topological polar surface area (TPSA) is 68.5 Å². The van der Waals surface area contributed by atoms with Gasteiger partial charge in [0.15, 0.2) is 5.16 Å². The summed E-state index contributed by atoms with van der Waals surface area (Å²) in [5, 5.41) is 5.53. The summed E-state index contributed by atoms with van der Waals surface area (Å²) in [6.07, 6.45) is 1.58. The first-order valence-electron chi connectivity index (χ1n) is 10.5. The van der Waals surface area contributed by atoms with Gasteiger partial charge in [-0.1, -0.05) is 65.8 Å². The highest BCUT2D eigenvalue weighted by Crippen LogP contribution is 2.27. The molecule has 0 aliphatic rings. The van der Waals surface area contributed by atoms with Crippen molar-refractivity contribution in [2.24, 2.45) is 5.10 Å². The first-order chi connectivity index (χ1) is 16.2. The molecular weight excluding hydrogens is 456 g/mol. The van der Waals surface area contributed by atoms with Gasteiger partial charge in [-0.3, -0.25) is 4.79 Å². The number of para-hydroxylation sites is 3. The maximum atomic E-state index is 12.4. The summed E-state index contributed by atoms with van der Waals surface area (Å²) in [7, 11) is 0. The van der Waals surface area contributed by atoms with Crippen molar-refractivity contribution in [3.05, 3.63) is 88.9 Å². The van der Waals surface area contributed by atoms with Crippen LogP contribution < -0.4 is 10.2 Å². The smallest absolute Gasteiger partial charge is 0.250 e. The Labute approximate surface area is 201 Å². The molecule has 1 N–H and O–H groups in total. The summed E-state index contributed by atoms with van der Waals surface area (Å²) >= 11 is 7.74. The highest BCUT2D eigenvalue weighted by atomic mass is 35.5. The number of hydrazone groups is 1. The van der Waals surface area contributed by atoms with E-state index in [1.54, 1.807) is 6.21 Å². The van der Waals surface area contributed by atoms with Crippen LogP contribution in [0.3, 0.4) is 0 Å². The zero-order chi connectivity index (χ0) is 23.0. The van der Waals surface area contributed by atoms with Gasteiger partial charge in [-0.2, -0.15) is 5.10 Å². The van der Waals surface area contributed by atoms with E-state index in [-0.39, 0.29) is 11.7 Å². The number of nitrogens with zero attached hydrogens (tertiary/aromatic N) is 3. The van der Waals surface area contributed by atoms with E-state index in [1.807, 2.05) is 79.7 Å². The molecule has 6 nitrogen and oxygen atoms in total. The fraction of sp³-hybridized carbons (Fsp3) is 0.160. The number of aromatic nitrogens is 2. The number of halogens is 1. The van der Waals surface area contributed by atoms with Crippen LogP contribution in [0.25, 0.3) is 11.0 Å². The second-order valence-electron chi connectivity index (χ2n) is 7.11. The molecule has 1 amide bonds. The molecule has 0 radical (unpaired) electrons.